The van der Waals surface area contributed by atoms with Crippen molar-refractivity contribution in [2.45, 2.75) is 31.0 Å². The van der Waals surface area contributed by atoms with E-state index in [1.54, 1.807) is 4.57 Å². The summed E-state index contributed by atoms with van der Waals surface area (Å²) in [5.74, 6) is 0. The molecule has 26 heavy (non-hydrogen) atoms. The van der Waals surface area contributed by atoms with Crippen molar-refractivity contribution in [1.82, 2.24) is 24.4 Å². The quantitative estimate of drug-likeness (QED) is 0.569. The number of aliphatic hydroxyl groups is 3. The smallest absolute Gasteiger partial charge is 0.165 e. The topological polar surface area (TPSA) is 126 Å². The lowest BCUT2D eigenvalue weighted by molar-refractivity contribution is -0.0511. The molecule has 0 saturated carbocycles. The number of imidazole rings is 1. The van der Waals surface area contributed by atoms with Gasteiger partial charge in [-0.15, -0.1) is 0 Å². The first-order chi connectivity index (χ1) is 12.7. The van der Waals surface area contributed by atoms with Gasteiger partial charge in [-0.05, 0) is 0 Å². The van der Waals surface area contributed by atoms with E-state index >= 15 is 0 Å². The minimum atomic E-state index is -1.17. The molecule has 0 aliphatic carbocycles. The molecule has 2 aliphatic heterocycles. The van der Waals surface area contributed by atoms with E-state index < -0.39 is 24.5 Å². The molecule has 0 bridgehead atoms. The number of morpholine rings is 1. The second-order valence-corrected chi connectivity index (χ2v) is 6.58. The second kappa shape index (κ2) is 7.51. The molecule has 4 rings (SSSR count). The molecule has 2 saturated heterocycles. The van der Waals surface area contributed by atoms with Gasteiger partial charge < -0.3 is 24.8 Å². The van der Waals surface area contributed by atoms with E-state index in [1.165, 1.54) is 12.7 Å². The molecule has 0 amide bonds. The molecule has 2 fully saturated rings. The van der Waals surface area contributed by atoms with Crippen LogP contribution in [-0.2, 0) is 15.9 Å². The van der Waals surface area contributed by atoms with Crippen LogP contribution >= 0.6 is 0 Å². The van der Waals surface area contributed by atoms with Crippen LogP contribution in [0.3, 0.4) is 0 Å². The maximum Gasteiger partial charge on any atom is 0.165 e. The van der Waals surface area contributed by atoms with Crippen LogP contribution in [-0.4, -0.2) is 97.5 Å². The summed E-state index contributed by atoms with van der Waals surface area (Å²) in [7, 11) is 0. The van der Waals surface area contributed by atoms with E-state index in [1.807, 2.05) is 0 Å². The average molecular weight is 365 g/mol. The molecule has 4 atom stereocenters. The minimum Gasteiger partial charge on any atom is -0.394 e. The molecule has 0 spiro atoms. The van der Waals surface area contributed by atoms with Crippen LogP contribution in [0.25, 0.3) is 11.2 Å². The van der Waals surface area contributed by atoms with E-state index in [0.717, 1.165) is 45.0 Å². The van der Waals surface area contributed by atoms with E-state index in [4.69, 9.17) is 9.47 Å². The maximum atomic E-state index is 10.2. The molecule has 0 aromatic carbocycles. The highest BCUT2D eigenvalue weighted by molar-refractivity contribution is 5.73. The maximum absolute atomic E-state index is 10.2. The third-order valence-corrected chi connectivity index (χ3v) is 4.99. The molecular weight excluding hydrogens is 342 g/mol. The van der Waals surface area contributed by atoms with Gasteiger partial charge in [0.05, 0.1) is 31.8 Å². The molecule has 4 heterocycles. The van der Waals surface area contributed by atoms with Crippen molar-refractivity contribution in [3.05, 3.63) is 18.3 Å². The predicted octanol–water partition coefficient (Wildman–Crippen LogP) is -1.69. The first kappa shape index (κ1) is 17.7. The van der Waals surface area contributed by atoms with Gasteiger partial charge in [0.15, 0.2) is 11.9 Å². The average Bonchev–Trinajstić information content (AvgIpc) is 3.23. The fraction of sp³-hybridized carbons (Fsp3) is 0.688. The van der Waals surface area contributed by atoms with Crippen LogP contribution < -0.4 is 0 Å². The van der Waals surface area contributed by atoms with Gasteiger partial charge in [0.1, 0.15) is 30.2 Å². The van der Waals surface area contributed by atoms with E-state index in [2.05, 4.69) is 19.9 Å². The fourth-order valence-corrected chi connectivity index (χ4v) is 3.47. The van der Waals surface area contributed by atoms with E-state index in [0.29, 0.717) is 11.2 Å². The normalized spacial score (nSPS) is 30.3. The third kappa shape index (κ3) is 3.20. The summed E-state index contributed by atoms with van der Waals surface area (Å²) in [4.78, 5) is 15.3. The standard InChI is InChI=1S/C16H23N5O5/c22-7-11-13(23)14(24)16(26-11)21-9-19-12-10(17-8-18-15(12)21)1-2-20-3-5-25-6-4-20/h8-9,11,13-14,16,22-24H,1-7H2/t11-,13-,14-,16-/m1/s1. The number of rotatable bonds is 5. The van der Waals surface area contributed by atoms with Crippen LogP contribution in [0.15, 0.2) is 12.7 Å². The second-order valence-electron chi connectivity index (χ2n) is 6.58. The Morgan fingerprint density at radius 1 is 1.12 bits per heavy atom. The van der Waals surface area contributed by atoms with Gasteiger partial charge >= 0.3 is 0 Å². The van der Waals surface area contributed by atoms with Gasteiger partial charge in [0.25, 0.3) is 0 Å². The Morgan fingerprint density at radius 2 is 1.92 bits per heavy atom. The highest BCUT2D eigenvalue weighted by atomic mass is 16.6. The van der Waals surface area contributed by atoms with Gasteiger partial charge in [0.2, 0.25) is 0 Å². The van der Waals surface area contributed by atoms with E-state index in [-0.39, 0.29) is 6.61 Å². The number of hydrogen-bond donors (Lipinski definition) is 3. The summed E-state index contributed by atoms with van der Waals surface area (Å²) in [6.45, 7) is 3.80. The third-order valence-electron chi connectivity index (χ3n) is 4.99. The van der Waals surface area contributed by atoms with Crippen LogP contribution in [0.2, 0.25) is 0 Å². The lowest BCUT2D eigenvalue weighted by atomic mass is 10.1. The largest absolute Gasteiger partial charge is 0.394 e. The van der Waals surface area contributed by atoms with Gasteiger partial charge in [-0.2, -0.15) is 0 Å². The molecule has 10 heteroatoms. The fourth-order valence-electron chi connectivity index (χ4n) is 3.47. The zero-order valence-corrected chi connectivity index (χ0v) is 14.3. The highest BCUT2D eigenvalue weighted by Gasteiger charge is 2.44. The number of ether oxygens (including phenoxy) is 2. The zero-order valence-electron chi connectivity index (χ0n) is 14.3. The van der Waals surface area contributed by atoms with Crippen molar-refractivity contribution in [3.8, 4) is 0 Å². The Balaban J connectivity index is 1.55. The summed E-state index contributed by atoms with van der Waals surface area (Å²) in [6.07, 6.45) is -0.300. The predicted molar refractivity (Wildman–Crippen MR) is 89.3 cm³/mol. The Morgan fingerprint density at radius 3 is 2.65 bits per heavy atom. The molecule has 0 unspecified atom stereocenters. The van der Waals surface area contributed by atoms with Gasteiger partial charge in [-0.25, -0.2) is 15.0 Å². The first-order valence-corrected chi connectivity index (χ1v) is 8.78. The molecule has 142 valence electrons. The molecule has 0 radical (unpaired) electrons. The van der Waals surface area contributed by atoms with Crippen molar-refractivity contribution in [2.24, 2.45) is 0 Å². The summed E-state index contributed by atoms with van der Waals surface area (Å²) < 4.78 is 12.5. The number of hydrogen-bond acceptors (Lipinski definition) is 9. The number of aliphatic hydroxyl groups excluding tert-OH is 3. The number of aromatic nitrogens is 4. The van der Waals surface area contributed by atoms with Crippen LogP contribution in [0.4, 0.5) is 0 Å². The molecule has 2 aromatic heterocycles. The summed E-state index contributed by atoms with van der Waals surface area (Å²) in [5.41, 5.74) is 2.01. The zero-order chi connectivity index (χ0) is 18.1. The van der Waals surface area contributed by atoms with Crippen molar-refractivity contribution >= 4 is 11.2 Å². The summed E-state index contributed by atoms with van der Waals surface area (Å²) in [6, 6.07) is 0. The van der Waals surface area contributed by atoms with E-state index in [9.17, 15) is 15.3 Å². The first-order valence-electron chi connectivity index (χ1n) is 8.78. The lowest BCUT2D eigenvalue weighted by Gasteiger charge is -2.26. The van der Waals surface area contributed by atoms with Gasteiger partial charge in [-0.1, -0.05) is 0 Å². The van der Waals surface area contributed by atoms with Gasteiger partial charge in [0, 0.05) is 26.1 Å². The Kier molecular flexibility index (Phi) is 5.11. The van der Waals surface area contributed by atoms with Crippen LogP contribution in [0.5, 0.6) is 0 Å². The molecule has 2 aromatic rings. The molecule has 3 N–H and O–H groups in total. The summed E-state index contributed by atoms with van der Waals surface area (Å²) in [5, 5.41) is 29.5. The summed E-state index contributed by atoms with van der Waals surface area (Å²) >= 11 is 0. The van der Waals surface area contributed by atoms with Crippen molar-refractivity contribution in [1.29, 1.82) is 0 Å². The van der Waals surface area contributed by atoms with Crippen molar-refractivity contribution in [3.63, 3.8) is 0 Å². The van der Waals surface area contributed by atoms with Crippen LogP contribution in [0.1, 0.15) is 11.9 Å². The number of nitrogens with zero attached hydrogens (tertiary/aromatic N) is 5. The Bertz CT molecular complexity index is 750. The Labute approximate surface area is 150 Å². The Hall–Kier alpha value is -1.69. The minimum absolute atomic E-state index is 0.374. The molecule has 2 aliphatic rings. The number of fused-ring (bicyclic) bond motifs is 1. The highest BCUT2D eigenvalue weighted by Crippen LogP contribution is 2.31. The molecular formula is C16H23N5O5. The van der Waals surface area contributed by atoms with Crippen LogP contribution in [0, 0.1) is 0 Å². The molecule has 10 nitrogen and oxygen atoms in total. The van der Waals surface area contributed by atoms with Crippen molar-refractivity contribution < 1.29 is 24.8 Å². The SMILES string of the molecule is OC[C@H]1O[C@@H](n2cnc3c(CCN4CCOCC4)ncnc32)[C@H](O)[C@@H]1O. The van der Waals surface area contributed by atoms with Crippen molar-refractivity contribution in [2.75, 3.05) is 39.5 Å². The monoisotopic (exact) mass is 365 g/mol. The van der Waals surface area contributed by atoms with Gasteiger partial charge in [-0.3, -0.25) is 9.47 Å². The lowest BCUT2D eigenvalue weighted by Crippen LogP contribution is -2.37.